The summed E-state index contributed by atoms with van der Waals surface area (Å²) in [6.07, 6.45) is 3.36. The second-order valence-electron chi connectivity index (χ2n) is 8.24. The van der Waals surface area contributed by atoms with Crippen molar-refractivity contribution < 1.29 is 28.7 Å². The quantitative estimate of drug-likeness (QED) is 0.541. The van der Waals surface area contributed by atoms with Crippen molar-refractivity contribution >= 4 is 23.6 Å². The largest absolute Gasteiger partial charge is 0.454 e. The monoisotopic (exact) mass is 438 g/mol. The number of aromatic nitrogens is 1. The highest BCUT2D eigenvalue weighted by atomic mass is 16.7. The Bertz CT molecular complexity index is 1140. The van der Waals surface area contributed by atoms with Gasteiger partial charge in [-0.1, -0.05) is 6.07 Å². The molecule has 4 heterocycles. The fourth-order valence-electron chi connectivity index (χ4n) is 4.25. The van der Waals surface area contributed by atoms with Gasteiger partial charge in [-0.2, -0.15) is 0 Å². The van der Waals surface area contributed by atoms with Crippen LogP contribution in [0, 0.1) is 0 Å². The lowest BCUT2D eigenvalue weighted by Crippen LogP contribution is -2.41. The highest BCUT2D eigenvalue weighted by Gasteiger charge is 2.50. The zero-order chi connectivity index (χ0) is 22.5. The molecule has 2 saturated heterocycles. The van der Waals surface area contributed by atoms with E-state index in [2.05, 4.69) is 10.3 Å². The maximum atomic E-state index is 13.1. The number of ether oxygens (including phenoxy) is 2. The SMILES string of the molecule is C[C@]1(c2ccc3c(c2)OCO3)NC(=O)N(CC(=O)c2c[nH]c(C(=O)N3CCCC3)c2)C1=O. The standard InChI is InChI=1S/C22H22N4O6/c1-22(14-4-5-17-18(9-14)32-12-31-17)20(29)26(21(30)24-22)11-16(27)13-8-15(23-10-13)19(28)25-6-2-3-7-25/h4-5,8-10,23H,2-3,6-7,11-12H2,1H3,(H,24,30)/t22-/m1/s1. The number of fused-ring (bicyclic) bond motifs is 1. The molecule has 0 unspecified atom stereocenters. The Morgan fingerprint density at radius 1 is 1.09 bits per heavy atom. The third-order valence-electron chi connectivity index (χ3n) is 6.16. The summed E-state index contributed by atoms with van der Waals surface area (Å²) in [5.41, 5.74) is -0.259. The molecule has 1 aromatic heterocycles. The molecule has 10 heteroatoms. The van der Waals surface area contributed by atoms with Crippen molar-refractivity contribution in [2.45, 2.75) is 25.3 Å². The third-order valence-corrected chi connectivity index (χ3v) is 6.16. The van der Waals surface area contributed by atoms with Gasteiger partial charge in [-0.05, 0) is 43.5 Å². The smallest absolute Gasteiger partial charge is 0.325 e. The Hall–Kier alpha value is -3.82. The minimum absolute atomic E-state index is 0.0926. The predicted molar refractivity (Wildman–Crippen MR) is 110 cm³/mol. The molecule has 166 valence electrons. The number of carbonyl (C=O) groups is 4. The number of aromatic amines is 1. The number of amides is 4. The zero-order valence-electron chi connectivity index (χ0n) is 17.5. The molecule has 4 amide bonds. The molecule has 0 bridgehead atoms. The highest BCUT2D eigenvalue weighted by molar-refractivity contribution is 6.11. The molecule has 0 aliphatic carbocycles. The lowest BCUT2D eigenvalue weighted by atomic mass is 9.91. The van der Waals surface area contributed by atoms with Crippen molar-refractivity contribution in [2.24, 2.45) is 0 Å². The summed E-state index contributed by atoms with van der Waals surface area (Å²) in [5, 5.41) is 2.68. The maximum absolute atomic E-state index is 13.1. The van der Waals surface area contributed by atoms with E-state index in [9.17, 15) is 19.2 Å². The summed E-state index contributed by atoms with van der Waals surface area (Å²) in [6.45, 7) is 2.64. The van der Waals surface area contributed by atoms with Crippen LogP contribution >= 0.6 is 0 Å². The van der Waals surface area contributed by atoms with Gasteiger partial charge < -0.3 is 24.7 Å². The minimum atomic E-state index is -1.34. The normalized spacial score (nSPS) is 21.9. The van der Waals surface area contributed by atoms with Gasteiger partial charge in [-0.25, -0.2) is 4.79 Å². The van der Waals surface area contributed by atoms with Crippen molar-refractivity contribution in [2.75, 3.05) is 26.4 Å². The Labute approximate surface area is 183 Å². The second-order valence-corrected chi connectivity index (χ2v) is 8.24. The highest BCUT2D eigenvalue weighted by Crippen LogP contribution is 2.37. The number of benzene rings is 1. The van der Waals surface area contributed by atoms with Crippen LogP contribution in [0.1, 0.15) is 46.2 Å². The third kappa shape index (κ3) is 3.19. The van der Waals surface area contributed by atoms with E-state index in [1.807, 2.05) is 0 Å². The first-order valence-corrected chi connectivity index (χ1v) is 10.4. The van der Waals surface area contributed by atoms with Crippen molar-refractivity contribution in [3.8, 4) is 11.5 Å². The van der Waals surface area contributed by atoms with E-state index >= 15 is 0 Å². The fraction of sp³-hybridized carbons (Fsp3) is 0.364. The number of nitrogens with one attached hydrogen (secondary N) is 2. The molecule has 10 nitrogen and oxygen atoms in total. The summed E-state index contributed by atoms with van der Waals surface area (Å²) in [5.74, 6) is -0.0959. The number of carbonyl (C=O) groups excluding carboxylic acids is 4. The topological polar surface area (TPSA) is 121 Å². The van der Waals surface area contributed by atoms with Gasteiger partial charge in [0, 0.05) is 24.8 Å². The average molecular weight is 438 g/mol. The van der Waals surface area contributed by atoms with Crippen LogP contribution in [-0.2, 0) is 10.3 Å². The van der Waals surface area contributed by atoms with Crippen LogP contribution < -0.4 is 14.8 Å². The van der Waals surface area contributed by atoms with Crippen LogP contribution in [0.25, 0.3) is 0 Å². The van der Waals surface area contributed by atoms with E-state index in [1.54, 1.807) is 30.0 Å². The molecule has 2 aromatic rings. The summed E-state index contributed by atoms with van der Waals surface area (Å²) < 4.78 is 10.7. The van der Waals surface area contributed by atoms with E-state index in [0.29, 0.717) is 35.8 Å². The van der Waals surface area contributed by atoms with Crippen LogP contribution in [-0.4, -0.2) is 64.8 Å². The van der Waals surface area contributed by atoms with Crippen LogP contribution in [0.4, 0.5) is 4.79 Å². The Kier molecular flexibility index (Phi) is 4.65. The van der Waals surface area contributed by atoms with Crippen molar-refractivity contribution in [1.29, 1.82) is 0 Å². The number of Topliss-reactive ketones (excluding diaryl/α,β-unsaturated/α-hetero) is 1. The lowest BCUT2D eigenvalue weighted by molar-refractivity contribution is -0.130. The molecule has 2 fully saturated rings. The van der Waals surface area contributed by atoms with E-state index in [4.69, 9.17) is 9.47 Å². The number of urea groups is 1. The van der Waals surface area contributed by atoms with Gasteiger partial charge in [-0.3, -0.25) is 19.3 Å². The molecule has 0 saturated carbocycles. The number of hydrogen-bond donors (Lipinski definition) is 2. The van der Waals surface area contributed by atoms with E-state index in [1.165, 1.54) is 12.3 Å². The Balaban J connectivity index is 1.31. The molecule has 1 atom stereocenters. The number of imide groups is 1. The lowest BCUT2D eigenvalue weighted by Gasteiger charge is -2.22. The molecule has 32 heavy (non-hydrogen) atoms. The molecule has 3 aliphatic heterocycles. The Morgan fingerprint density at radius 3 is 2.62 bits per heavy atom. The van der Waals surface area contributed by atoms with E-state index < -0.39 is 29.8 Å². The van der Waals surface area contributed by atoms with Gasteiger partial charge in [0.1, 0.15) is 11.2 Å². The van der Waals surface area contributed by atoms with Gasteiger partial charge in [-0.15, -0.1) is 0 Å². The predicted octanol–water partition coefficient (Wildman–Crippen LogP) is 1.63. The number of ketones is 1. The first-order valence-electron chi connectivity index (χ1n) is 10.4. The molecule has 1 aromatic carbocycles. The van der Waals surface area contributed by atoms with Crippen molar-refractivity contribution in [1.82, 2.24) is 20.1 Å². The first kappa shape index (κ1) is 20.1. The van der Waals surface area contributed by atoms with Gasteiger partial charge in [0.05, 0.1) is 6.54 Å². The molecule has 0 radical (unpaired) electrons. The van der Waals surface area contributed by atoms with Gasteiger partial charge in [0.2, 0.25) is 6.79 Å². The summed E-state index contributed by atoms with van der Waals surface area (Å²) >= 11 is 0. The fourth-order valence-corrected chi connectivity index (χ4v) is 4.25. The van der Waals surface area contributed by atoms with Gasteiger partial charge >= 0.3 is 6.03 Å². The van der Waals surface area contributed by atoms with E-state index in [-0.39, 0.29) is 18.3 Å². The molecule has 5 rings (SSSR count). The molecule has 0 spiro atoms. The number of rotatable bonds is 5. The van der Waals surface area contributed by atoms with Crippen LogP contribution in [0.5, 0.6) is 11.5 Å². The Morgan fingerprint density at radius 2 is 1.84 bits per heavy atom. The van der Waals surface area contributed by atoms with Crippen LogP contribution in [0.3, 0.4) is 0 Å². The number of hydrogen-bond acceptors (Lipinski definition) is 6. The van der Waals surface area contributed by atoms with Gasteiger partial charge in [0.15, 0.2) is 17.3 Å². The first-order chi connectivity index (χ1) is 15.4. The van der Waals surface area contributed by atoms with Crippen molar-refractivity contribution in [3.63, 3.8) is 0 Å². The molecular weight excluding hydrogens is 416 g/mol. The summed E-state index contributed by atoms with van der Waals surface area (Å²) in [4.78, 5) is 56.5. The molecular formula is C22H22N4O6. The zero-order valence-corrected chi connectivity index (χ0v) is 17.5. The maximum Gasteiger partial charge on any atom is 0.325 e. The van der Waals surface area contributed by atoms with E-state index in [0.717, 1.165) is 17.7 Å². The minimum Gasteiger partial charge on any atom is -0.454 e. The van der Waals surface area contributed by atoms with Gasteiger partial charge in [0.25, 0.3) is 11.8 Å². The molecule has 2 N–H and O–H groups in total. The second kappa shape index (κ2) is 7.40. The molecule has 3 aliphatic rings. The van der Waals surface area contributed by atoms with Crippen molar-refractivity contribution in [3.05, 3.63) is 47.3 Å². The average Bonchev–Trinajstić information content (AvgIpc) is 3.57. The number of nitrogens with zero attached hydrogens (tertiary/aromatic N) is 2. The van der Waals surface area contributed by atoms with Crippen LogP contribution in [0.15, 0.2) is 30.5 Å². The van der Waals surface area contributed by atoms with Crippen LogP contribution in [0.2, 0.25) is 0 Å². The summed E-state index contributed by atoms with van der Waals surface area (Å²) in [6, 6.07) is 5.81. The number of likely N-dealkylation sites (tertiary alicyclic amines) is 1. The number of H-pyrrole nitrogens is 1. The summed E-state index contributed by atoms with van der Waals surface area (Å²) in [7, 11) is 0.